The maximum atomic E-state index is 10.4. The van der Waals surface area contributed by atoms with Gasteiger partial charge in [0.1, 0.15) is 23.7 Å². The van der Waals surface area contributed by atoms with Gasteiger partial charge in [0.2, 0.25) is 0 Å². The molecule has 1 N–H and O–H groups in total. The monoisotopic (exact) mass is 361 g/mol. The first kappa shape index (κ1) is 18.1. The number of aliphatic hydroxyl groups excluding tert-OH is 1. The van der Waals surface area contributed by atoms with Gasteiger partial charge in [0.25, 0.3) is 0 Å². The van der Waals surface area contributed by atoms with Gasteiger partial charge in [-0.2, -0.15) is 0 Å². The Balaban J connectivity index is 1.46. The van der Waals surface area contributed by atoms with Gasteiger partial charge in [-0.05, 0) is 54.8 Å². The van der Waals surface area contributed by atoms with Crippen molar-refractivity contribution in [3.63, 3.8) is 0 Å². The molecule has 0 radical (unpaired) electrons. The fraction of sp³-hybridized carbons (Fsp3) is 0.400. The number of hydrogen-bond acceptors (Lipinski definition) is 4. The van der Waals surface area contributed by atoms with Gasteiger partial charge in [-0.1, -0.05) is 23.7 Å². The van der Waals surface area contributed by atoms with Crippen LogP contribution in [0.2, 0.25) is 5.02 Å². The Morgan fingerprint density at radius 1 is 1.08 bits per heavy atom. The number of β-amino-alcohol motifs (C(OH)–C–C–N with tert-alkyl or cyclic N) is 1. The van der Waals surface area contributed by atoms with Gasteiger partial charge in [0.05, 0.1) is 7.11 Å². The van der Waals surface area contributed by atoms with E-state index in [2.05, 4.69) is 17.0 Å². The van der Waals surface area contributed by atoms with Crippen LogP contribution in [0.3, 0.4) is 0 Å². The normalized spacial score (nSPS) is 21.1. The fourth-order valence-electron chi connectivity index (χ4n) is 3.08. The summed E-state index contributed by atoms with van der Waals surface area (Å²) in [5, 5.41) is 11.1. The molecule has 2 atom stereocenters. The molecular formula is C20H24ClNO3. The molecule has 1 aliphatic rings. The number of nitrogens with zero attached hydrogens (tertiary/aromatic N) is 1. The summed E-state index contributed by atoms with van der Waals surface area (Å²) in [6.07, 6.45) is 1.12. The Bertz CT molecular complexity index is 660. The summed E-state index contributed by atoms with van der Waals surface area (Å²) in [6, 6.07) is 15.4. The van der Waals surface area contributed by atoms with Gasteiger partial charge in [-0.15, -0.1) is 0 Å². The van der Waals surface area contributed by atoms with Crippen LogP contribution in [-0.4, -0.2) is 49.0 Å². The minimum atomic E-state index is -0.486. The molecule has 2 aromatic rings. The molecule has 1 fully saturated rings. The number of likely N-dealkylation sites (tertiary alicyclic amines) is 1. The lowest BCUT2D eigenvalue weighted by molar-refractivity contribution is -0.0248. The lowest BCUT2D eigenvalue weighted by atomic mass is 10.0. The highest BCUT2D eigenvalue weighted by Gasteiger charge is 2.29. The first-order valence-corrected chi connectivity index (χ1v) is 8.97. The molecule has 0 saturated carbocycles. The quantitative estimate of drug-likeness (QED) is 0.856. The lowest BCUT2D eigenvalue weighted by Crippen LogP contribution is -2.49. The highest BCUT2D eigenvalue weighted by atomic mass is 35.5. The van der Waals surface area contributed by atoms with E-state index >= 15 is 0 Å². The summed E-state index contributed by atoms with van der Waals surface area (Å²) in [6.45, 7) is 2.48. The lowest BCUT2D eigenvalue weighted by Gasteiger charge is -2.36. The van der Waals surface area contributed by atoms with Crippen molar-refractivity contribution in [2.75, 3.05) is 26.7 Å². The number of piperidine rings is 1. The Kier molecular flexibility index (Phi) is 6.19. The number of methoxy groups -OCH3 is 1. The zero-order valence-electron chi connectivity index (χ0n) is 14.4. The molecule has 2 aromatic carbocycles. The third-order valence-corrected chi connectivity index (χ3v) is 4.83. The fourth-order valence-corrected chi connectivity index (χ4v) is 3.21. The van der Waals surface area contributed by atoms with Crippen molar-refractivity contribution < 1.29 is 14.6 Å². The second-order valence-corrected chi connectivity index (χ2v) is 6.80. The molecule has 5 heteroatoms. The van der Waals surface area contributed by atoms with Crippen molar-refractivity contribution in [1.82, 2.24) is 4.90 Å². The predicted octanol–water partition coefficient (Wildman–Crippen LogP) is 3.41. The minimum Gasteiger partial charge on any atom is -0.497 e. The number of halogens is 1. The van der Waals surface area contributed by atoms with E-state index < -0.39 is 6.10 Å². The maximum Gasteiger partial charge on any atom is 0.127 e. The van der Waals surface area contributed by atoms with Crippen LogP contribution in [0.4, 0.5) is 0 Å². The number of benzene rings is 2. The van der Waals surface area contributed by atoms with Crippen molar-refractivity contribution in [3.05, 3.63) is 59.1 Å². The third-order valence-electron chi connectivity index (χ3n) is 4.58. The van der Waals surface area contributed by atoms with Crippen LogP contribution in [0.5, 0.6) is 11.5 Å². The molecule has 0 aromatic heterocycles. The van der Waals surface area contributed by atoms with Gasteiger partial charge in [0, 0.05) is 24.7 Å². The SMILES string of the molecule is COc1ccc(CCN2CC[C@@H](Oc3ccc(Cl)cc3)[C@H](O)C2)cc1. The van der Waals surface area contributed by atoms with E-state index in [1.165, 1.54) is 5.56 Å². The molecular weight excluding hydrogens is 338 g/mol. The molecule has 0 bridgehead atoms. The summed E-state index contributed by atoms with van der Waals surface area (Å²) < 4.78 is 11.1. The van der Waals surface area contributed by atoms with Crippen LogP contribution in [0.1, 0.15) is 12.0 Å². The van der Waals surface area contributed by atoms with Gasteiger partial charge in [-0.25, -0.2) is 0 Å². The molecule has 0 spiro atoms. The number of aliphatic hydroxyl groups is 1. The van der Waals surface area contributed by atoms with E-state index in [9.17, 15) is 5.11 Å². The largest absolute Gasteiger partial charge is 0.497 e. The smallest absolute Gasteiger partial charge is 0.127 e. The Hall–Kier alpha value is -1.75. The van der Waals surface area contributed by atoms with Crippen LogP contribution in [0.15, 0.2) is 48.5 Å². The summed E-state index contributed by atoms with van der Waals surface area (Å²) in [4.78, 5) is 2.29. The molecule has 0 amide bonds. The Morgan fingerprint density at radius 3 is 2.40 bits per heavy atom. The molecule has 25 heavy (non-hydrogen) atoms. The molecule has 0 unspecified atom stereocenters. The standard InChI is InChI=1S/C20H24ClNO3/c1-24-17-6-2-15(3-7-17)10-12-22-13-11-20(19(23)14-22)25-18-8-4-16(21)5-9-18/h2-9,19-20,23H,10-14H2,1H3/t19-,20-/m1/s1. The molecule has 3 rings (SSSR count). The molecule has 1 saturated heterocycles. The highest BCUT2D eigenvalue weighted by Crippen LogP contribution is 2.22. The Morgan fingerprint density at radius 2 is 1.76 bits per heavy atom. The first-order chi connectivity index (χ1) is 12.1. The third kappa shape index (κ3) is 5.11. The van der Waals surface area contributed by atoms with Crippen LogP contribution >= 0.6 is 11.6 Å². The molecule has 1 heterocycles. The van der Waals surface area contributed by atoms with E-state index in [0.717, 1.165) is 37.4 Å². The average Bonchev–Trinajstić information content (AvgIpc) is 2.64. The summed E-state index contributed by atoms with van der Waals surface area (Å²) in [5.41, 5.74) is 1.27. The molecule has 0 aliphatic carbocycles. The molecule has 1 aliphatic heterocycles. The first-order valence-electron chi connectivity index (χ1n) is 8.59. The van der Waals surface area contributed by atoms with Crippen molar-refractivity contribution in [2.24, 2.45) is 0 Å². The second kappa shape index (κ2) is 8.56. The van der Waals surface area contributed by atoms with E-state index in [1.54, 1.807) is 19.2 Å². The van der Waals surface area contributed by atoms with Crippen LogP contribution in [0.25, 0.3) is 0 Å². The van der Waals surface area contributed by atoms with Crippen LogP contribution in [-0.2, 0) is 6.42 Å². The van der Waals surface area contributed by atoms with E-state index in [-0.39, 0.29) is 6.10 Å². The number of rotatable bonds is 6. The summed E-state index contributed by atoms with van der Waals surface area (Å²) in [7, 11) is 1.67. The van der Waals surface area contributed by atoms with E-state index in [4.69, 9.17) is 21.1 Å². The average molecular weight is 362 g/mol. The second-order valence-electron chi connectivity index (χ2n) is 6.36. The van der Waals surface area contributed by atoms with Gasteiger partial charge >= 0.3 is 0 Å². The highest BCUT2D eigenvalue weighted by molar-refractivity contribution is 6.30. The van der Waals surface area contributed by atoms with Crippen molar-refractivity contribution in [3.8, 4) is 11.5 Å². The summed E-state index contributed by atoms with van der Waals surface area (Å²) >= 11 is 5.89. The zero-order valence-corrected chi connectivity index (χ0v) is 15.2. The van der Waals surface area contributed by atoms with Gasteiger partial charge < -0.3 is 19.5 Å². The number of ether oxygens (including phenoxy) is 2. The van der Waals surface area contributed by atoms with Crippen molar-refractivity contribution >= 4 is 11.6 Å². The van der Waals surface area contributed by atoms with Crippen LogP contribution in [0, 0.1) is 0 Å². The van der Waals surface area contributed by atoms with Crippen LogP contribution < -0.4 is 9.47 Å². The zero-order chi connectivity index (χ0) is 17.6. The molecule has 134 valence electrons. The topological polar surface area (TPSA) is 41.9 Å². The van der Waals surface area contributed by atoms with E-state index in [0.29, 0.717) is 11.6 Å². The van der Waals surface area contributed by atoms with Gasteiger partial charge in [0.15, 0.2) is 0 Å². The van der Waals surface area contributed by atoms with Crippen molar-refractivity contribution in [1.29, 1.82) is 0 Å². The minimum absolute atomic E-state index is 0.168. The van der Waals surface area contributed by atoms with Gasteiger partial charge in [-0.3, -0.25) is 0 Å². The van der Waals surface area contributed by atoms with Crippen molar-refractivity contribution in [2.45, 2.75) is 25.0 Å². The number of hydrogen-bond donors (Lipinski definition) is 1. The predicted molar refractivity (Wildman–Crippen MR) is 99.6 cm³/mol. The molecule has 4 nitrogen and oxygen atoms in total. The Labute approximate surface area is 153 Å². The van der Waals surface area contributed by atoms with E-state index in [1.807, 2.05) is 24.3 Å². The maximum absolute atomic E-state index is 10.4. The summed E-state index contributed by atoms with van der Waals surface area (Å²) in [5.74, 6) is 1.62.